The molecule has 1 N–H and O–H groups in total. The van der Waals surface area contributed by atoms with Gasteiger partial charge in [0.1, 0.15) is 0 Å². The summed E-state index contributed by atoms with van der Waals surface area (Å²) in [6, 6.07) is 0.595. The molecule has 0 radical (unpaired) electrons. The van der Waals surface area contributed by atoms with Gasteiger partial charge in [-0.3, -0.25) is 0 Å². The Hall–Kier alpha value is -0.120. The lowest BCUT2D eigenvalue weighted by Gasteiger charge is -2.29. The van der Waals surface area contributed by atoms with Crippen LogP contribution in [0.25, 0.3) is 0 Å². The third kappa shape index (κ3) is 3.16. The number of hydrogen-bond donors (Lipinski definition) is 1. The van der Waals surface area contributed by atoms with Crippen molar-refractivity contribution in [1.82, 2.24) is 5.32 Å². The van der Waals surface area contributed by atoms with Gasteiger partial charge in [-0.25, -0.2) is 0 Å². The summed E-state index contributed by atoms with van der Waals surface area (Å²) in [5.41, 5.74) is 0. The zero-order valence-electron chi connectivity index (χ0n) is 9.71. The molecule has 2 atom stereocenters. The maximum absolute atomic E-state index is 6.17. The second kappa shape index (κ2) is 5.83. The van der Waals surface area contributed by atoms with Crippen LogP contribution < -0.4 is 5.32 Å². The van der Waals surface area contributed by atoms with E-state index < -0.39 is 0 Å². The SMILES string of the molecule is CCNC1CCCC1OC1CCOCC1. The second-order valence-electron chi connectivity index (χ2n) is 4.58. The minimum absolute atomic E-state index is 0.447. The van der Waals surface area contributed by atoms with Crippen LogP contribution in [0.5, 0.6) is 0 Å². The minimum Gasteiger partial charge on any atom is -0.381 e. The van der Waals surface area contributed by atoms with Crippen molar-refractivity contribution in [3.05, 3.63) is 0 Å². The molecule has 1 heterocycles. The summed E-state index contributed by atoms with van der Waals surface area (Å²) in [5.74, 6) is 0. The summed E-state index contributed by atoms with van der Waals surface area (Å²) in [6.45, 7) is 4.98. The fraction of sp³-hybridized carbons (Fsp3) is 1.00. The molecule has 1 saturated carbocycles. The molecule has 3 nitrogen and oxygen atoms in total. The van der Waals surface area contributed by atoms with Crippen molar-refractivity contribution in [2.24, 2.45) is 0 Å². The summed E-state index contributed by atoms with van der Waals surface area (Å²) in [4.78, 5) is 0. The van der Waals surface area contributed by atoms with Crippen LogP contribution in [0.3, 0.4) is 0 Å². The van der Waals surface area contributed by atoms with Gasteiger partial charge in [0.25, 0.3) is 0 Å². The van der Waals surface area contributed by atoms with Gasteiger partial charge in [0.2, 0.25) is 0 Å². The highest BCUT2D eigenvalue weighted by Crippen LogP contribution is 2.25. The Bertz CT molecular complexity index is 180. The van der Waals surface area contributed by atoms with E-state index in [0.29, 0.717) is 18.2 Å². The fourth-order valence-corrected chi connectivity index (χ4v) is 2.64. The molecule has 88 valence electrons. The summed E-state index contributed by atoms with van der Waals surface area (Å²) < 4.78 is 11.5. The molecule has 2 rings (SSSR count). The first-order valence-electron chi connectivity index (χ1n) is 6.36. The number of likely N-dealkylation sites (N-methyl/N-ethyl adjacent to an activating group) is 1. The molecular formula is C12H23NO2. The van der Waals surface area contributed by atoms with Crippen molar-refractivity contribution in [2.75, 3.05) is 19.8 Å². The van der Waals surface area contributed by atoms with E-state index >= 15 is 0 Å². The molecule has 2 aliphatic rings. The molecule has 2 fully saturated rings. The Kier molecular flexibility index (Phi) is 4.42. The Morgan fingerprint density at radius 3 is 2.73 bits per heavy atom. The van der Waals surface area contributed by atoms with Crippen molar-refractivity contribution < 1.29 is 9.47 Å². The van der Waals surface area contributed by atoms with Gasteiger partial charge in [0, 0.05) is 19.3 Å². The van der Waals surface area contributed by atoms with E-state index in [1.54, 1.807) is 0 Å². The molecule has 1 aliphatic carbocycles. The summed E-state index contributed by atoms with van der Waals surface area (Å²) in [7, 11) is 0. The smallest absolute Gasteiger partial charge is 0.0731 e. The maximum Gasteiger partial charge on any atom is 0.0731 e. The Labute approximate surface area is 92.5 Å². The van der Waals surface area contributed by atoms with E-state index in [2.05, 4.69) is 12.2 Å². The highest BCUT2D eigenvalue weighted by atomic mass is 16.5. The zero-order chi connectivity index (χ0) is 10.5. The number of ether oxygens (including phenoxy) is 2. The maximum atomic E-state index is 6.17. The van der Waals surface area contributed by atoms with E-state index in [4.69, 9.17) is 9.47 Å². The van der Waals surface area contributed by atoms with Crippen LogP contribution >= 0.6 is 0 Å². The first kappa shape index (κ1) is 11.4. The van der Waals surface area contributed by atoms with Crippen LogP contribution in [0.2, 0.25) is 0 Å². The van der Waals surface area contributed by atoms with Gasteiger partial charge in [-0.1, -0.05) is 6.92 Å². The number of hydrogen-bond acceptors (Lipinski definition) is 3. The van der Waals surface area contributed by atoms with Crippen molar-refractivity contribution in [3.63, 3.8) is 0 Å². The molecule has 15 heavy (non-hydrogen) atoms. The molecule has 0 spiro atoms. The van der Waals surface area contributed by atoms with Crippen molar-refractivity contribution >= 4 is 0 Å². The van der Waals surface area contributed by atoms with Gasteiger partial charge >= 0.3 is 0 Å². The fourth-order valence-electron chi connectivity index (χ4n) is 2.64. The van der Waals surface area contributed by atoms with Gasteiger partial charge in [0.15, 0.2) is 0 Å². The normalized spacial score (nSPS) is 33.4. The largest absolute Gasteiger partial charge is 0.381 e. The molecule has 0 amide bonds. The molecule has 1 aliphatic heterocycles. The predicted molar refractivity (Wildman–Crippen MR) is 60.0 cm³/mol. The van der Waals surface area contributed by atoms with E-state index in [-0.39, 0.29) is 0 Å². The molecule has 2 unspecified atom stereocenters. The Morgan fingerprint density at radius 1 is 1.20 bits per heavy atom. The van der Waals surface area contributed by atoms with Crippen LogP contribution in [0, 0.1) is 0 Å². The number of nitrogens with one attached hydrogen (secondary N) is 1. The molecule has 0 bridgehead atoms. The Balaban J connectivity index is 1.76. The molecule has 1 saturated heterocycles. The van der Waals surface area contributed by atoms with E-state index in [0.717, 1.165) is 32.6 Å². The first-order valence-corrected chi connectivity index (χ1v) is 6.36. The van der Waals surface area contributed by atoms with Gasteiger partial charge in [-0.15, -0.1) is 0 Å². The van der Waals surface area contributed by atoms with Crippen molar-refractivity contribution in [1.29, 1.82) is 0 Å². The van der Waals surface area contributed by atoms with Crippen molar-refractivity contribution in [3.8, 4) is 0 Å². The lowest BCUT2D eigenvalue weighted by Crippen LogP contribution is -2.40. The molecule has 0 aromatic heterocycles. The lowest BCUT2D eigenvalue weighted by atomic mass is 10.1. The summed E-state index contributed by atoms with van der Waals surface area (Å²) >= 11 is 0. The van der Waals surface area contributed by atoms with Gasteiger partial charge < -0.3 is 14.8 Å². The third-order valence-corrected chi connectivity index (χ3v) is 3.45. The van der Waals surface area contributed by atoms with Crippen molar-refractivity contribution in [2.45, 2.75) is 57.3 Å². The van der Waals surface area contributed by atoms with Crippen LogP contribution in [0.4, 0.5) is 0 Å². The molecule has 0 aromatic carbocycles. The van der Waals surface area contributed by atoms with Gasteiger partial charge in [-0.05, 0) is 38.6 Å². The van der Waals surface area contributed by atoms with Crippen LogP contribution in [0.1, 0.15) is 39.0 Å². The van der Waals surface area contributed by atoms with Crippen LogP contribution in [-0.4, -0.2) is 38.0 Å². The average Bonchev–Trinajstić information content (AvgIpc) is 2.68. The van der Waals surface area contributed by atoms with E-state index in [9.17, 15) is 0 Å². The van der Waals surface area contributed by atoms with Crippen LogP contribution in [-0.2, 0) is 9.47 Å². The third-order valence-electron chi connectivity index (χ3n) is 3.45. The average molecular weight is 213 g/mol. The minimum atomic E-state index is 0.447. The first-order chi connectivity index (χ1) is 7.40. The van der Waals surface area contributed by atoms with Gasteiger partial charge in [0.05, 0.1) is 12.2 Å². The van der Waals surface area contributed by atoms with E-state index in [1.165, 1.54) is 19.3 Å². The van der Waals surface area contributed by atoms with E-state index in [1.807, 2.05) is 0 Å². The van der Waals surface area contributed by atoms with Gasteiger partial charge in [-0.2, -0.15) is 0 Å². The molecular weight excluding hydrogens is 190 g/mol. The highest BCUT2D eigenvalue weighted by Gasteiger charge is 2.30. The Morgan fingerprint density at radius 2 is 2.00 bits per heavy atom. The summed E-state index contributed by atoms with van der Waals surface area (Å²) in [6.07, 6.45) is 6.88. The molecule has 3 heteroatoms. The topological polar surface area (TPSA) is 30.5 Å². The number of rotatable bonds is 4. The lowest BCUT2D eigenvalue weighted by molar-refractivity contribution is -0.0728. The standard InChI is InChI=1S/C12H23NO2/c1-2-13-11-4-3-5-12(11)15-10-6-8-14-9-7-10/h10-13H,2-9H2,1H3. The monoisotopic (exact) mass is 213 g/mol. The molecule has 0 aromatic rings. The second-order valence-corrected chi connectivity index (χ2v) is 4.58. The highest BCUT2D eigenvalue weighted by molar-refractivity contribution is 4.85. The van der Waals surface area contributed by atoms with Crippen LogP contribution in [0.15, 0.2) is 0 Å². The zero-order valence-corrected chi connectivity index (χ0v) is 9.71. The quantitative estimate of drug-likeness (QED) is 0.771. The predicted octanol–water partition coefficient (Wildman–Crippen LogP) is 1.71. The summed E-state index contributed by atoms with van der Waals surface area (Å²) in [5, 5.41) is 3.53.